The van der Waals surface area contributed by atoms with Gasteiger partial charge in [-0.15, -0.1) is 0 Å². The van der Waals surface area contributed by atoms with Gasteiger partial charge in [-0.1, -0.05) is 71.7 Å². The Labute approximate surface area is 332 Å². The van der Waals surface area contributed by atoms with Crippen LogP contribution in [0.1, 0.15) is 13.8 Å². The van der Waals surface area contributed by atoms with Crippen molar-refractivity contribution in [3.8, 4) is 44.9 Å². The number of rotatable bonds is 15. The average Bonchev–Trinajstić information content (AvgIpc) is 3.16. The highest BCUT2D eigenvalue weighted by Crippen LogP contribution is 2.45. The molecule has 4 aromatic rings. The molecule has 56 heavy (non-hydrogen) atoms. The van der Waals surface area contributed by atoms with E-state index in [2.05, 4.69) is 10.6 Å². The van der Waals surface area contributed by atoms with Gasteiger partial charge in [-0.25, -0.2) is 0 Å². The van der Waals surface area contributed by atoms with E-state index in [1.165, 1.54) is 23.6 Å². The van der Waals surface area contributed by atoms with E-state index >= 15 is 0 Å². The fourth-order valence-corrected chi connectivity index (χ4v) is 7.43. The van der Waals surface area contributed by atoms with Crippen molar-refractivity contribution in [3.05, 3.63) is 82.8 Å². The van der Waals surface area contributed by atoms with Gasteiger partial charge < -0.3 is 50.3 Å². The van der Waals surface area contributed by atoms with E-state index in [1.54, 1.807) is 24.3 Å². The molecule has 0 fully saturated rings. The number of hydrogen-bond donors (Lipinski definition) is 6. The molecule has 0 aliphatic carbocycles. The van der Waals surface area contributed by atoms with Gasteiger partial charge in [0.2, 0.25) is 0 Å². The van der Waals surface area contributed by atoms with Crippen LogP contribution in [0.15, 0.2) is 72.8 Å². The highest BCUT2D eigenvalue weighted by atomic mass is 35.5. The summed E-state index contributed by atoms with van der Waals surface area (Å²) in [5, 5.41) is 44.7. The van der Waals surface area contributed by atoms with Gasteiger partial charge in [-0.2, -0.15) is 0 Å². The van der Waals surface area contributed by atoms with E-state index in [4.69, 9.17) is 32.7 Å². The van der Waals surface area contributed by atoms with E-state index in [0.29, 0.717) is 55.2 Å². The van der Waals surface area contributed by atoms with Crippen LogP contribution in [0, 0.1) is 0 Å². The topological polar surface area (TPSA) is 198 Å². The predicted octanol–water partition coefficient (Wildman–Crippen LogP) is 4.29. The molecule has 0 saturated carbocycles. The zero-order valence-electron chi connectivity index (χ0n) is 30.4. The fourth-order valence-electron chi connectivity index (χ4n) is 6.75. The Bertz CT molecular complexity index is 2010. The van der Waals surface area contributed by atoms with Gasteiger partial charge in [0.15, 0.2) is 13.2 Å². The number of ether oxygens (including phenoxy) is 2. The molecule has 2 aliphatic rings. The van der Waals surface area contributed by atoms with Crippen molar-refractivity contribution in [1.29, 1.82) is 0 Å². The van der Waals surface area contributed by atoms with Crippen molar-refractivity contribution in [1.82, 2.24) is 10.6 Å². The number of benzene rings is 4. The van der Waals surface area contributed by atoms with Gasteiger partial charge in [0.05, 0.1) is 33.6 Å². The van der Waals surface area contributed by atoms with Gasteiger partial charge >= 0.3 is 11.9 Å². The van der Waals surface area contributed by atoms with Crippen LogP contribution < -0.4 is 29.9 Å². The van der Waals surface area contributed by atoms with Gasteiger partial charge in [-0.05, 0) is 49.2 Å². The van der Waals surface area contributed by atoms with Crippen LogP contribution in [0.2, 0.25) is 10.0 Å². The fraction of sp³-hybridized carbons (Fsp3) is 0.300. The molecule has 6 N–H and O–H groups in total. The molecular weight excluding hydrogens is 767 g/mol. The molecule has 4 aromatic carbocycles. The van der Waals surface area contributed by atoms with Crippen molar-refractivity contribution in [2.45, 2.75) is 38.1 Å². The summed E-state index contributed by atoms with van der Waals surface area (Å²) < 4.78 is 11.6. The maximum Gasteiger partial charge on any atom is 0.323 e. The molecule has 2 aliphatic heterocycles. The Hall–Kier alpha value is -5.22. The van der Waals surface area contributed by atoms with Crippen molar-refractivity contribution in [3.63, 3.8) is 0 Å². The van der Waals surface area contributed by atoms with Crippen LogP contribution in [-0.4, -0.2) is 108 Å². The number of aliphatic carboxylic acids is 2. The lowest BCUT2D eigenvalue weighted by atomic mass is 9.95. The number of aliphatic hydroxyl groups is 2. The number of amides is 2. The van der Waals surface area contributed by atoms with Crippen LogP contribution in [0.25, 0.3) is 33.4 Å². The quantitative estimate of drug-likeness (QED) is 0.0999. The first-order chi connectivity index (χ1) is 26.8. The third-order valence-corrected chi connectivity index (χ3v) is 10.4. The minimum atomic E-state index is -1.19. The summed E-state index contributed by atoms with van der Waals surface area (Å²) in [7, 11) is 0. The smallest absolute Gasteiger partial charge is 0.323 e. The first-order valence-electron chi connectivity index (χ1n) is 17.8. The number of carbonyl (C=O) groups is 4. The molecule has 0 aromatic heterocycles. The Balaban J connectivity index is 1.23. The van der Waals surface area contributed by atoms with E-state index in [-0.39, 0.29) is 51.2 Å². The second kappa shape index (κ2) is 17.3. The number of hydrogen-bond acceptors (Lipinski definition) is 10. The minimum absolute atomic E-state index is 0.124. The Kier molecular flexibility index (Phi) is 12.5. The number of halogens is 2. The Morgan fingerprint density at radius 1 is 0.661 bits per heavy atom. The first kappa shape index (κ1) is 40.4. The molecular formula is C40H40Cl2N4O10. The van der Waals surface area contributed by atoms with Crippen LogP contribution in [0.5, 0.6) is 11.5 Å². The van der Waals surface area contributed by atoms with Crippen molar-refractivity contribution >= 4 is 58.3 Å². The number of carboxylic acid groups (broad SMARTS) is 2. The Morgan fingerprint density at radius 3 is 1.39 bits per heavy atom. The van der Waals surface area contributed by atoms with Gasteiger partial charge in [0.25, 0.3) is 11.8 Å². The number of carbonyl (C=O) groups excluding carboxylic acids is 2. The second-order valence-electron chi connectivity index (χ2n) is 13.4. The Morgan fingerprint density at radius 2 is 1.04 bits per heavy atom. The highest BCUT2D eigenvalue weighted by Gasteiger charge is 2.30. The number of nitrogens with zero attached hydrogens (tertiary/aromatic N) is 2. The van der Waals surface area contributed by atoms with Crippen LogP contribution >= 0.6 is 23.2 Å². The molecule has 14 nitrogen and oxygen atoms in total. The number of nitrogens with one attached hydrogen (secondary N) is 2. The number of carboxylic acids is 2. The van der Waals surface area contributed by atoms with Crippen LogP contribution in [-0.2, 0) is 19.2 Å². The summed E-state index contributed by atoms with van der Waals surface area (Å²) in [5.41, 5.74) is 5.18. The third-order valence-electron chi connectivity index (χ3n) is 9.61. The highest BCUT2D eigenvalue weighted by molar-refractivity contribution is 6.39. The molecule has 0 unspecified atom stereocenters. The van der Waals surface area contributed by atoms with Gasteiger partial charge in [0.1, 0.15) is 23.6 Å². The molecule has 4 atom stereocenters. The summed E-state index contributed by atoms with van der Waals surface area (Å²) in [5.74, 6) is -2.08. The van der Waals surface area contributed by atoms with Crippen LogP contribution in [0.3, 0.4) is 0 Å². The number of aliphatic hydroxyl groups excluding tert-OH is 2. The van der Waals surface area contributed by atoms with Gasteiger partial charge in [-0.3, -0.25) is 19.2 Å². The normalized spacial score (nSPS) is 15.9. The summed E-state index contributed by atoms with van der Waals surface area (Å²) in [6, 6.07) is 19.5. The molecule has 0 saturated heterocycles. The molecule has 0 radical (unpaired) electrons. The van der Waals surface area contributed by atoms with Crippen molar-refractivity contribution in [2.24, 2.45) is 0 Å². The molecule has 294 valence electrons. The standard InChI is InChI=1S/C40H40Cl2N4O10/c1-21(47)37(39(51)52)43-13-15-45-29-11-9-23(17-31(29)55-19-33(45)49)25-5-3-7-27(35(25)41)28-8-4-6-26(36(28)42)24-10-12-30-32(18-24)56-20-34(50)46(30)16-14-44-38(22(2)48)40(53)54/h3-12,17-18,21-22,37-38,43-44,47-48H,13-16,19-20H2,1-2H3,(H,51,52)(H,53,54)/t21-,22-,37+,38+/m0/s1. The van der Waals surface area contributed by atoms with E-state index in [9.17, 15) is 39.6 Å². The second-order valence-corrected chi connectivity index (χ2v) is 14.1. The van der Waals surface area contributed by atoms with E-state index in [0.717, 1.165) is 11.1 Å². The molecule has 2 heterocycles. The largest absolute Gasteiger partial charge is 0.482 e. The summed E-state index contributed by atoms with van der Waals surface area (Å²) >= 11 is 14.2. The zero-order chi connectivity index (χ0) is 40.3. The predicted molar refractivity (Wildman–Crippen MR) is 211 cm³/mol. The zero-order valence-corrected chi connectivity index (χ0v) is 31.9. The van der Waals surface area contributed by atoms with Crippen molar-refractivity contribution < 1.29 is 49.1 Å². The molecule has 16 heteroatoms. The summed E-state index contributed by atoms with van der Waals surface area (Å²) in [6.07, 6.45) is -2.25. The molecule has 6 rings (SSSR count). The van der Waals surface area contributed by atoms with Crippen molar-refractivity contribution in [2.75, 3.05) is 49.2 Å². The average molecular weight is 808 g/mol. The van der Waals surface area contributed by atoms with Gasteiger partial charge in [0, 0.05) is 48.4 Å². The molecule has 0 bridgehead atoms. The first-order valence-corrected chi connectivity index (χ1v) is 18.5. The maximum atomic E-state index is 12.8. The summed E-state index contributed by atoms with van der Waals surface area (Å²) in [6.45, 7) is 2.90. The SMILES string of the molecule is C[C@H](O)[C@@H](NCCN1C(=O)COc2cc(-c3cccc(-c4cccc(-c5ccc6c(c5)OCC(=O)N6CCN[C@@H](C(=O)O)[C@H](C)O)c4Cl)c3Cl)ccc21)C(=O)O. The monoisotopic (exact) mass is 806 g/mol. The lowest BCUT2D eigenvalue weighted by Gasteiger charge is -2.30. The van der Waals surface area contributed by atoms with Crippen LogP contribution in [0.4, 0.5) is 11.4 Å². The number of anilines is 2. The minimum Gasteiger partial charge on any atom is -0.482 e. The maximum absolute atomic E-state index is 12.8. The molecule has 0 spiro atoms. The molecule has 2 amide bonds. The third kappa shape index (κ3) is 8.45. The lowest BCUT2D eigenvalue weighted by Crippen LogP contribution is -2.49. The van der Waals surface area contributed by atoms with E-state index in [1.807, 2.05) is 48.5 Å². The summed E-state index contributed by atoms with van der Waals surface area (Å²) in [4.78, 5) is 51.5. The van der Waals surface area contributed by atoms with E-state index < -0.39 is 36.2 Å². The number of fused-ring (bicyclic) bond motifs is 2. The lowest BCUT2D eigenvalue weighted by molar-refractivity contribution is -0.143.